The highest BCUT2D eigenvalue weighted by Crippen LogP contribution is 2.19. The molecule has 172 valence electrons. The van der Waals surface area contributed by atoms with Crippen LogP contribution in [0.5, 0.6) is 5.75 Å². The molecule has 0 bridgehead atoms. The highest BCUT2D eigenvalue weighted by molar-refractivity contribution is 6.08. The monoisotopic (exact) mass is 455 g/mol. The lowest BCUT2D eigenvalue weighted by molar-refractivity contribution is -0.137. The van der Waals surface area contributed by atoms with Crippen molar-refractivity contribution in [1.29, 1.82) is 0 Å². The Bertz CT molecular complexity index is 1310. The lowest BCUT2D eigenvalue weighted by atomic mass is 10.1. The fourth-order valence-corrected chi connectivity index (χ4v) is 4.06. The SMILES string of the molecule is O=C(c1ccc(OCC(=O)N2CCOCC2)cc1)c1cccn1Cc1cnc2ccccc2c1. The van der Waals surface area contributed by atoms with Gasteiger partial charge in [-0.15, -0.1) is 0 Å². The zero-order valence-corrected chi connectivity index (χ0v) is 18.7. The lowest BCUT2D eigenvalue weighted by Gasteiger charge is -2.26. The Labute approximate surface area is 197 Å². The first kappa shape index (κ1) is 21.9. The molecule has 7 heteroatoms. The number of ketones is 1. The summed E-state index contributed by atoms with van der Waals surface area (Å²) in [7, 11) is 0. The van der Waals surface area contributed by atoms with Crippen LogP contribution in [0.4, 0.5) is 0 Å². The van der Waals surface area contributed by atoms with Crippen molar-refractivity contribution in [3.05, 3.63) is 95.9 Å². The maximum atomic E-state index is 13.2. The molecule has 4 aromatic rings. The normalized spacial score (nSPS) is 13.7. The van der Waals surface area contributed by atoms with E-state index in [9.17, 15) is 9.59 Å². The fourth-order valence-electron chi connectivity index (χ4n) is 4.06. The van der Waals surface area contributed by atoms with Gasteiger partial charge in [0.1, 0.15) is 5.75 Å². The van der Waals surface area contributed by atoms with Crippen molar-refractivity contribution in [2.75, 3.05) is 32.9 Å². The minimum absolute atomic E-state index is 0.0318. The van der Waals surface area contributed by atoms with E-state index in [4.69, 9.17) is 9.47 Å². The summed E-state index contributed by atoms with van der Waals surface area (Å²) in [5, 5.41) is 1.07. The Morgan fingerprint density at radius 1 is 0.971 bits per heavy atom. The van der Waals surface area contributed by atoms with Crippen LogP contribution in [0.2, 0.25) is 0 Å². The van der Waals surface area contributed by atoms with E-state index < -0.39 is 0 Å². The Morgan fingerprint density at radius 3 is 2.59 bits per heavy atom. The summed E-state index contributed by atoms with van der Waals surface area (Å²) < 4.78 is 12.8. The summed E-state index contributed by atoms with van der Waals surface area (Å²) in [5.74, 6) is 0.412. The number of pyridine rings is 1. The van der Waals surface area contributed by atoms with Gasteiger partial charge in [0.2, 0.25) is 5.78 Å². The summed E-state index contributed by atoms with van der Waals surface area (Å²) in [5.41, 5.74) is 3.13. The summed E-state index contributed by atoms with van der Waals surface area (Å²) in [6.45, 7) is 2.81. The second-order valence-electron chi connectivity index (χ2n) is 8.19. The molecule has 5 rings (SSSR count). The first-order valence-electron chi connectivity index (χ1n) is 11.3. The van der Waals surface area contributed by atoms with Crippen LogP contribution in [-0.4, -0.2) is 59.1 Å². The number of nitrogens with zero attached hydrogens (tertiary/aromatic N) is 3. The summed E-state index contributed by atoms with van der Waals surface area (Å²) in [6, 6.07) is 20.7. The van der Waals surface area contributed by atoms with Crippen LogP contribution in [0.25, 0.3) is 10.9 Å². The van der Waals surface area contributed by atoms with Gasteiger partial charge in [0, 0.05) is 43.0 Å². The number of ether oxygens (including phenoxy) is 2. The number of aromatic nitrogens is 2. The third kappa shape index (κ3) is 4.84. The molecule has 0 N–H and O–H groups in total. The highest BCUT2D eigenvalue weighted by atomic mass is 16.5. The van der Waals surface area contributed by atoms with Gasteiger partial charge in [0.25, 0.3) is 5.91 Å². The molecule has 1 saturated heterocycles. The number of rotatable bonds is 7. The van der Waals surface area contributed by atoms with E-state index in [1.165, 1.54) is 0 Å². The Kier molecular flexibility index (Phi) is 6.35. The summed E-state index contributed by atoms with van der Waals surface area (Å²) >= 11 is 0. The minimum atomic E-state index is -0.0744. The molecule has 2 aromatic heterocycles. The van der Waals surface area contributed by atoms with Crippen LogP contribution < -0.4 is 4.74 Å². The van der Waals surface area contributed by atoms with Gasteiger partial charge in [0.05, 0.1) is 24.4 Å². The average Bonchev–Trinajstić information content (AvgIpc) is 3.35. The van der Waals surface area contributed by atoms with Crippen molar-refractivity contribution in [1.82, 2.24) is 14.5 Å². The molecule has 0 atom stereocenters. The van der Waals surface area contributed by atoms with Crippen molar-refractivity contribution in [3.63, 3.8) is 0 Å². The maximum Gasteiger partial charge on any atom is 0.260 e. The van der Waals surface area contributed by atoms with Crippen LogP contribution in [0.15, 0.2) is 79.1 Å². The van der Waals surface area contributed by atoms with E-state index in [1.54, 1.807) is 29.2 Å². The van der Waals surface area contributed by atoms with E-state index in [-0.39, 0.29) is 18.3 Å². The number of amides is 1. The third-order valence-electron chi connectivity index (χ3n) is 5.90. The lowest BCUT2D eigenvalue weighted by Crippen LogP contribution is -2.42. The molecule has 2 aromatic carbocycles. The number of hydrogen-bond acceptors (Lipinski definition) is 5. The molecule has 1 aliphatic heterocycles. The zero-order chi connectivity index (χ0) is 23.3. The molecule has 1 fully saturated rings. The number of fused-ring (bicyclic) bond motifs is 1. The quantitative estimate of drug-likeness (QED) is 0.399. The van der Waals surface area contributed by atoms with E-state index in [2.05, 4.69) is 11.1 Å². The van der Waals surface area contributed by atoms with Gasteiger partial charge >= 0.3 is 0 Å². The number of morpholine rings is 1. The van der Waals surface area contributed by atoms with E-state index in [1.807, 2.05) is 53.4 Å². The molecule has 0 saturated carbocycles. The number of para-hydroxylation sites is 1. The molecule has 0 unspecified atom stereocenters. The van der Waals surface area contributed by atoms with Crippen molar-refractivity contribution in [3.8, 4) is 5.75 Å². The van der Waals surface area contributed by atoms with Crippen LogP contribution in [-0.2, 0) is 16.1 Å². The molecule has 3 heterocycles. The van der Waals surface area contributed by atoms with Gasteiger partial charge < -0.3 is 18.9 Å². The van der Waals surface area contributed by atoms with Crippen molar-refractivity contribution >= 4 is 22.6 Å². The molecule has 1 amide bonds. The minimum Gasteiger partial charge on any atom is -0.484 e. The molecule has 0 spiro atoms. The van der Waals surface area contributed by atoms with Crippen LogP contribution in [0.1, 0.15) is 21.6 Å². The molecule has 0 radical (unpaired) electrons. The van der Waals surface area contributed by atoms with E-state index in [0.717, 1.165) is 16.5 Å². The van der Waals surface area contributed by atoms with Gasteiger partial charge in [-0.05, 0) is 54.1 Å². The molecular formula is C27H25N3O4. The van der Waals surface area contributed by atoms with Crippen molar-refractivity contribution in [2.45, 2.75) is 6.54 Å². The Hall–Kier alpha value is -3.97. The van der Waals surface area contributed by atoms with Gasteiger partial charge in [0.15, 0.2) is 6.61 Å². The van der Waals surface area contributed by atoms with Crippen LogP contribution in [0, 0.1) is 0 Å². The van der Waals surface area contributed by atoms with Crippen molar-refractivity contribution in [2.24, 2.45) is 0 Å². The second kappa shape index (κ2) is 9.89. The van der Waals surface area contributed by atoms with Crippen LogP contribution in [0.3, 0.4) is 0 Å². The number of hydrogen-bond donors (Lipinski definition) is 0. The average molecular weight is 456 g/mol. The second-order valence-corrected chi connectivity index (χ2v) is 8.19. The van der Waals surface area contributed by atoms with Gasteiger partial charge in [-0.25, -0.2) is 0 Å². The number of benzene rings is 2. The predicted molar refractivity (Wildman–Crippen MR) is 128 cm³/mol. The molecule has 1 aliphatic rings. The maximum absolute atomic E-state index is 13.2. The van der Waals surface area contributed by atoms with Gasteiger partial charge in [-0.3, -0.25) is 14.6 Å². The van der Waals surface area contributed by atoms with E-state index >= 15 is 0 Å². The standard InChI is InChI=1S/C27H25N3O4/c31-26(29-12-14-33-15-13-29)19-34-23-9-7-21(8-10-23)27(32)25-6-3-11-30(25)18-20-16-22-4-1-2-5-24(22)28-17-20/h1-11,16-17H,12-15,18-19H2. The largest absolute Gasteiger partial charge is 0.484 e. The first-order valence-corrected chi connectivity index (χ1v) is 11.3. The highest BCUT2D eigenvalue weighted by Gasteiger charge is 2.18. The van der Waals surface area contributed by atoms with Gasteiger partial charge in [-0.2, -0.15) is 0 Å². The molecular weight excluding hydrogens is 430 g/mol. The summed E-state index contributed by atoms with van der Waals surface area (Å²) in [4.78, 5) is 31.7. The summed E-state index contributed by atoms with van der Waals surface area (Å²) in [6.07, 6.45) is 3.75. The zero-order valence-electron chi connectivity index (χ0n) is 18.7. The predicted octanol–water partition coefficient (Wildman–Crippen LogP) is 3.55. The van der Waals surface area contributed by atoms with Gasteiger partial charge in [-0.1, -0.05) is 18.2 Å². The molecule has 34 heavy (non-hydrogen) atoms. The Balaban J connectivity index is 1.24. The topological polar surface area (TPSA) is 73.7 Å². The number of carbonyl (C=O) groups is 2. The first-order chi connectivity index (χ1) is 16.7. The molecule has 7 nitrogen and oxygen atoms in total. The van der Waals surface area contributed by atoms with Crippen molar-refractivity contribution < 1.29 is 19.1 Å². The smallest absolute Gasteiger partial charge is 0.260 e. The molecule has 0 aliphatic carbocycles. The Morgan fingerprint density at radius 2 is 1.76 bits per heavy atom. The third-order valence-corrected chi connectivity index (χ3v) is 5.90. The number of carbonyl (C=O) groups excluding carboxylic acids is 2. The van der Waals surface area contributed by atoms with Crippen LogP contribution >= 0.6 is 0 Å². The van der Waals surface area contributed by atoms with E-state index in [0.29, 0.717) is 49.9 Å². The fraction of sp³-hybridized carbons (Fsp3) is 0.222.